The first-order chi connectivity index (χ1) is 16.3. The molecule has 0 saturated carbocycles. The van der Waals surface area contributed by atoms with Gasteiger partial charge in [-0.25, -0.2) is 0 Å². The maximum Gasteiger partial charge on any atom is 0.312 e. The predicted molar refractivity (Wildman–Crippen MR) is 126 cm³/mol. The maximum absolute atomic E-state index is 12.7. The molecule has 0 spiro atoms. The van der Waals surface area contributed by atoms with E-state index < -0.39 is 35.2 Å². The molecule has 1 aliphatic heterocycles. The maximum atomic E-state index is 12.7. The molecular formula is C25H26ClN3O5. The summed E-state index contributed by atoms with van der Waals surface area (Å²) in [5.74, 6) is -4.63. The van der Waals surface area contributed by atoms with Crippen LogP contribution >= 0.6 is 11.6 Å². The van der Waals surface area contributed by atoms with Crippen molar-refractivity contribution in [3.8, 4) is 6.07 Å². The van der Waals surface area contributed by atoms with Gasteiger partial charge in [-0.2, -0.15) is 5.26 Å². The van der Waals surface area contributed by atoms with Gasteiger partial charge < -0.3 is 14.9 Å². The zero-order chi connectivity index (χ0) is 24.7. The topological polar surface area (TPSA) is 133 Å². The number of pyridine rings is 1. The van der Waals surface area contributed by atoms with E-state index in [4.69, 9.17) is 16.3 Å². The number of carboxylic acid groups (broad SMARTS) is 2. The molecule has 0 fully saturated rings. The quantitative estimate of drug-likeness (QED) is 0.488. The lowest BCUT2D eigenvalue weighted by Crippen LogP contribution is -2.55. The van der Waals surface area contributed by atoms with Crippen LogP contribution in [0.25, 0.3) is 0 Å². The molecule has 4 unspecified atom stereocenters. The fourth-order valence-corrected chi connectivity index (χ4v) is 4.94. The number of aliphatic imine (C=N–C) groups is 1. The van der Waals surface area contributed by atoms with Gasteiger partial charge in [0.2, 0.25) is 0 Å². The molecule has 2 aromatic rings. The Kier molecular flexibility index (Phi) is 8.37. The number of benzene rings is 1. The van der Waals surface area contributed by atoms with Gasteiger partial charge in [-0.3, -0.25) is 19.6 Å². The molecule has 4 atom stereocenters. The number of hydrogen-bond acceptors (Lipinski definition) is 6. The first kappa shape index (κ1) is 25.3. The van der Waals surface area contributed by atoms with E-state index in [9.17, 15) is 25.1 Å². The van der Waals surface area contributed by atoms with Gasteiger partial charge in [0.25, 0.3) is 0 Å². The van der Waals surface area contributed by atoms with Crippen molar-refractivity contribution in [1.82, 2.24) is 4.98 Å². The summed E-state index contributed by atoms with van der Waals surface area (Å²) >= 11 is 6.19. The molecule has 34 heavy (non-hydrogen) atoms. The van der Waals surface area contributed by atoms with Crippen LogP contribution in [0.3, 0.4) is 0 Å². The molecule has 0 bridgehead atoms. The number of halogens is 1. The molecule has 1 aromatic carbocycles. The summed E-state index contributed by atoms with van der Waals surface area (Å²) in [6.45, 7) is 1.89. The van der Waals surface area contributed by atoms with Crippen LogP contribution in [0, 0.1) is 22.7 Å². The van der Waals surface area contributed by atoms with Crippen molar-refractivity contribution in [2.24, 2.45) is 16.3 Å². The first-order valence-corrected chi connectivity index (χ1v) is 11.3. The smallest absolute Gasteiger partial charge is 0.312 e. The van der Waals surface area contributed by atoms with Gasteiger partial charge in [-0.1, -0.05) is 29.8 Å². The third-order valence-electron chi connectivity index (χ3n) is 6.35. The normalized spacial score (nSPS) is 24.1. The highest BCUT2D eigenvalue weighted by Gasteiger charge is 2.58. The van der Waals surface area contributed by atoms with Crippen LogP contribution in [0.4, 0.5) is 0 Å². The Balaban J connectivity index is 1.99. The summed E-state index contributed by atoms with van der Waals surface area (Å²) in [6, 6.07) is 13.3. The lowest BCUT2D eigenvalue weighted by molar-refractivity contribution is -0.156. The van der Waals surface area contributed by atoms with Crippen molar-refractivity contribution >= 4 is 29.3 Å². The Hall–Kier alpha value is -3.28. The van der Waals surface area contributed by atoms with Crippen molar-refractivity contribution in [3.63, 3.8) is 0 Å². The van der Waals surface area contributed by atoms with Crippen LogP contribution in [0.15, 0.2) is 53.7 Å². The second kappa shape index (κ2) is 11.2. The molecule has 1 aliphatic rings. The second-order valence-electron chi connectivity index (χ2n) is 8.27. The largest absolute Gasteiger partial charge is 0.481 e. The van der Waals surface area contributed by atoms with Gasteiger partial charge in [-0.05, 0) is 43.2 Å². The summed E-state index contributed by atoms with van der Waals surface area (Å²) in [6.07, 6.45) is 2.13. The minimum atomic E-state index is -1.60. The summed E-state index contributed by atoms with van der Waals surface area (Å²) in [4.78, 5) is 34.0. The first-order valence-electron chi connectivity index (χ1n) is 10.9. The standard InChI is InChI=1S/C25H26ClN3O5/c1-16-25(24(32)33,10-5-11-27)22(17-6-4-7-18(26)14-17)21(23(30)31)20(29-16)15-34-13-9-19-8-2-3-12-28-19/h2-4,6-8,12,14,16,21-22H,5,9-10,13,15H2,1H3,(H,30,31)(H,32,33). The van der Waals surface area contributed by atoms with Crippen LogP contribution in [0.1, 0.15) is 36.9 Å². The minimum absolute atomic E-state index is 0.0434. The van der Waals surface area contributed by atoms with E-state index in [-0.39, 0.29) is 25.2 Å². The molecular weight excluding hydrogens is 458 g/mol. The number of ether oxygens (including phenoxy) is 1. The molecule has 2 heterocycles. The van der Waals surface area contributed by atoms with Crippen LogP contribution in [-0.4, -0.2) is 52.1 Å². The molecule has 0 saturated heterocycles. The molecule has 9 heteroatoms. The van der Waals surface area contributed by atoms with E-state index >= 15 is 0 Å². The third kappa shape index (κ3) is 5.27. The van der Waals surface area contributed by atoms with E-state index in [1.54, 1.807) is 37.4 Å². The number of rotatable bonds is 10. The Morgan fingerprint density at radius 2 is 2.03 bits per heavy atom. The fourth-order valence-electron chi connectivity index (χ4n) is 4.74. The number of hydrogen-bond donors (Lipinski definition) is 2. The van der Waals surface area contributed by atoms with E-state index in [1.807, 2.05) is 24.3 Å². The van der Waals surface area contributed by atoms with Gasteiger partial charge in [0, 0.05) is 35.7 Å². The molecule has 0 amide bonds. The summed E-state index contributed by atoms with van der Waals surface area (Å²) in [5.41, 5.74) is -0.0109. The van der Waals surface area contributed by atoms with E-state index in [2.05, 4.69) is 9.98 Å². The van der Waals surface area contributed by atoms with Crippen molar-refractivity contribution in [2.45, 2.75) is 38.1 Å². The van der Waals surface area contributed by atoms with Gasteiger partial charge in [0.05, 0.1) is 36.5 Å². The molecule has 2 N–H and O–H groups in total. The van der Waals surface area contributed by atoms with Gasteiger partial charge >= 0.3 is 11.9 Å². The van der Waals surface area contributed by atoms with Crippen LogP contribution in [0.2, 0.25) is 5.02 Å². The molecule has 0 aliphatic carbocycles. The highest BCUT2D eigenvalue weighted by Crippen LogP contribution is 2.52. The minimum Gasteiger partial charge on any atom is -0.481 e. The Morgan fingerprint density at radius 1 is 1.24 bits per heavy atom. The molecule has 0 radical (unpaired) electrons. The van der Waals surface area contributed by atoms with Crippen LogP contribution < -0.4 is 0 Å². The number of nitrogens with zero attached hydrogens (tertiary/aromatic N) is 3. The van der Waals surface area contributed by atoms with E-state index in [0.717, 1.165) is 5.69 Å². The van der Waals surface area contributed by atoms with Crippen molar-refractivity contribution in [2.75, 3.05) is 13.2 Å². The van der Waals surface area contributed by atoms with Crippen molar-refractivity contribution in [3.05, 3.63) is 64.9 Å². The molecule has 3 rings (SSSR count). The van der Waals surface area contributed by atoms with Gasteiger partial charge in [0.1, 0.15) is 5.92 Å². The highest BCUT2D eigenvalue weighted by atomic mass is 35.5. The van der Waals surface area contributed by atoms with Crippen LogP contribution in [-0.2, 0) is 20.7 Å². The lowest BCUT2D eigenvalue weighted by atomic mass is 9.58. The van der Waals surface area contributed by atoms with Crippen molar-refractivity contribution in [1.29, 1.82) is 5.26 Å². The summed E-state index contributed by atoms with van der Waals surface area (Å²) in [5, 5.41) is 30.2. The average molecular weight is 484 g/mol. The Morgan fingerprint density at radius 3 is 2.65 bits per heavy atom. The Labute approximate surface area is 202 Å². The number of carbonyl (C=O) groups is 2. The monoisotopic (exact) mass is 483 g/mol. The highest BCUT2D eigenvalue weighted by molar-refractivity contribution is 6.30. The zero-order valence-electron chi connectivity index (χ0n) is 18.7. The number of aliphatic carboxylic acids is 2. The molecule has 178 valence electrons. The second-order valence-corrected chi connectivity index (χ2v) is 8.71. The lowest BCUT2D eigenvalue weighted by Gasteiger charge is -2.46. The Bertz CT molecular complexity index is 1100. The number of carboxylic acids is 2. The third-order valence-corrected chi connectivity index (χ3v) is 6.59. The fraction of sp³-hybridized carbons (Fsp3) is 0.400. The predicted octanol–water partition coefficient (Wildman–Crippen LogP) is 4.00. The molecule has 8 nitrogen and oxygen atoms in total. The van der Waals surface area contributed by atoms with Crippen LogP contribution in [0.5, 0.6) is 0 Å². The van der Waals surface area contributed by atoms with Crippen molar-refractivity contribution < 1.29 is 24.5 Å². The number of nitriles is 1. The molecule has 1 aromatic heterocycles. The van der Waals surface area contributed by atoms with Gasteiger partial charge in [0.15, 0.2) is 0 Å². The zero-order valence-corrected chi connectivity index (χ0v) is 19.5. The summed E-state index contributed by atoms with van der Waals surface area (Å²) < 4.78 is 5.76. The average Bonchev–Trinajstić information content (AvgIpc) is 2.81. The number of aromatic nitrogens is 1. The van der Waals surface area contributed by atoms with Gasteiger partial charge in [-0.15, -0.1) is 0 Å². The van der Waals surface area contributed by atoms with E-state index in [0.29, 0.717) is 23.6 Å². The SMILES string of the molecule is CC1N=C(COCCc2ccccn2)C(C(=O)O)C(c2cccc(Cl)c2)C1(CCC#N)C(=O)O. The van der Waals surface area contributed by atoms with E-state index in [1.165, 1.54) is 0 Å². The summed E-state index contributed by atoms with van der Waals surface area (Å²) in [7, 11) is 0.